The molecule has 0 atom stereocenters. The van der Waals surface area contributed by atoms with E-state index >= 15 is 0 Å². The van der Waals surface area contributed by atoms with Gasteiger partial charge in [0.2, 0.25) is 5.91 Å². The predicted molar refractivity (Wildman–Crippen MR) is 96.0 cm³/mol. The summed E-state index contributed by atoms with van der Waals surface area (Å²) in [6.45, 7) is 4.63. The maximum absolute atomic E-state index is 12.9. The summed E-state index contributed by atoms with van der Waals surface area (Å²) in [6.07, 6.45) is 1.80. The molecule has 1 aromatic carbocycles. The fraction of sp³-hybridized carbons (Fsp3) is 0.333. The van der Waals surface area contributed by atoms with E-state index < -0.39 is 0 Å². The van der Waals surface area contributed by atoms with Crippen LogP contribution in [0.15, 0.2) is 42.6 Å². The van der Waals surface area contributed by atoms with Crippen LogP contribution >= 0.6 is 11.6 Å². The molecule has 1 aliphatic heterocycles. The van der Waals surface area contributed by atoms with Gasteiger partial charge in [-0.25, -0.2) is 9.37 Å². The van der Waals surface area contributed by atoms with Crippen molar-refractivity contribution in [3.05, 3.63) is 59.1 Å². The van der Waals surface area contributed by atoms with E-state index in [4.69, 9.17) is 11.6 Å². The minimum Gasteiger partial charge on any atom is -0.325 e. The van der Waals surface area contributed by atoms with Crippen LogP contribution in [-0.2, 0) is 11.3 Å². The minimum atomic E-state index is -0.315. The summed E-state index contributed by atoms with van der Waals surface area (Å²) in [5.41, 5.74) is 1.74. The van der Waals surface area contributed by atoms with Crippen molar-refractivity contribution in [1.82, 2.24) is 14.8 Å². The van der Waals surface area contributed by atoms with Crippen LogP contribution in [0.2, 0.25) is 5.15 Å². The van der Waals surface area contributed by atoms with Crippen LogP contribution < -0.4 is 5.32 Å². The van der Waals surface area contributed by atoms with E-state index in [9.17, 15) is 9.18 Å². The molecule has 1 saturated heterocycles. The lowest BCUT2D eigenvalue weighted by atomic mass is 10.2. The molecular formula is C18H20ClFN4O. The highest BCUT2D eigenvalue weighted by molar-refractivity contribution is 6.29. The Labute approximate surface area is 151 Å². The van der Waals surface area contributed by atoms with Gasteiger partial charge in [0, 0.05) is 44.6 Å². The van der Waals surface area contributed by atoms with Crippen molar-refractivity contribution in [3.63, 3.8) is 0 Å². The Bertz CT molecular complexity index is 700. The number of piperazine rings is 1. The second-order valence-electron chi connectivity index (χ2n) is 6.10. The Morgan fingerprint density at radius 2 is 1.76 bits per heavy atom. The van der Waals surface area contributed by atoms with Crippen LogP contribution in [0, 0.1) is 5.82 Å². The number of hydrogen-bond acceptors (Lipinski definition) is 4. The maximum Gasteiger partial charge on any atom is 0.238 e. The molecule has 2 aromatic rings. The molecule has 1 fully saturated rings. The van der Waals surface area contributed by atoms with Crippen LogP contribution in [0.1, 0.15) is 5.56 Å². The summed E-state index contributed by atoms with van der Waals surface area (Å²) < 4.78 is 12.9. The number of anilines is 1. The van der Waals surface area contributed by atoms with Crippen molar-refractivity contribution >= 4 is 23.2 Å². The standard InChI is InChI=1S/C18H20ClFN4O/c19-17-6-1-14(11-21-17)12-23-7-9-24(10-8-23)13-18(25)22-16-4-2-15(20)3-5-16/h1-6,11H,7-10,12-13H2,(H,22,25). The van der Waals surface area contributed by atoms with Crippen LogP contribution in [0.5, 0.6) is 0 Å². The Balaban J connectivity index is 1.42. The third kappa shape index (κ3) is 5.49. The lowest BCUT2D eigenvalue weighted by Gasteiger charge is -2.34. The Morgan fingerprint density at radius 1 is 1.08 bits per heavy atom. The zero-order valence-corrected chi connectivity index (χ0v) is 14.5. The second kappa shape index (κ2) is 8.38. The van der Waals surface area contributed by atoms with Gasteiger partial charge in [0.1, 0.15) is 11.0 Å². The van der Waals surface area contributed by atoms with E-state index in [0.717, 1.165) is 38.3 Å². The Hall–Kier alpha value is -2.02. The van der Waals surface area contributed by atoms with Crippen molar-refractivity contribution in [2.24, 2.45) is 0 Å². The molecule has 0 spiro atoms. The number of nitrogens with zero attached hydrogens (tertiary/aromatic N) is 3. The van der Waals surface area contributed by atoms with Gasteiger partial charge >= 0.3 is 0 Å². The van der Waals surface area contributed by atoms with Gasteiger partial charge in [-0.2, -0.15) is 0 Å². The van der Waals surface area contributed by atoms with Crippen LogP contribution in [0.25, 0.3) is 0 Å². The summed E-state index contributed by atoms with van der Waals surface area (Å²) >= 11 is 5.80. The molecule has 1 amide bonds. The van der Waals surface area contributed by atoms with Gasteiger partial charge in [-0.05, 0) is 35.9 Å². The number of benzene rings is 1. The first kappa shape index (κ1) is 17.8. The van der Waals surface area contributed by atoms with E-state index in [-0.39, 0.29) is 11.7 Å². The van der Waals surface area contributed by atoms with Gasteiger partial charge in [0.25, 0.3) is 0 Å². The number of amides is 1. The highest BCUT2D eigenvalue weighted by Crippen LogP contribution is 2.11. The summed E-state index contributed by atoms with van der Waals surface area (Å²) in [6, 6.07) is 9.57. The van der Waals surface area contributed by atoms with E-state index in [1.165, 1.54) is 12.1 Å². The molecule has 1 aromatic heterocycles. The number of aromatic nitrogens is 1. The number of carbonyl (C=O) groups excluding carboxylic acids is 1. The average molecular weight is 363 g/mol. The lowest BCUT2D eigenvalue weighted by molar-refractivity contribution is -0.117. The molecular weight excluding hydrogens is 343 g/mol. The van der Waals surface area contributed by atoms with E-state index in [0.29, 0.717) is 17.4 Å². The molecule has 5 nitrogen and oxygen atoms in total. The fourth-order valence-electron chi connectivity index (χ4n) is 2.80. The number of halogens is 2. The molecule has 0 unspecified atom stereocenters. The normalized spacial score (nSPS) is 15.9. The quantitative estimate of drug-likeness (QED) is 0.831. The van der Waals surface area contributed by atoms with Gasteiger partial charge in [-0.15, -0.1) is 0 Å². The largest absolute Gasteiger partial charge is 0.325 e. The van der Waals surface area contributed by atoms with Gasteiger partial charge in [0.05, 0.1) is 6.54 Å². The van der Waals surface area contributed by atoms with Gasteiger partial charge < -0.3 is 5.32 Å². The average Bonchev–Trinajstić information content (AvgIpc) is 2.61. The maximum atomic E-state index is 12.9. The molecule has 0 saturated carbocycles. The Morgan fingerprint density at radius 3 is 2.40 bits per heavy atom. The third-order valence-electron chi connectivity index (χ3n) is 4.15. The number of carbonyl (C=O) groups is 1. The highest BCUT2D eigenvalue weighted by Gasteiger charge is 2.19. The molecule has 2 heterocycles. The molecule has 0 aliphatic carbocycles. The predicted octanol–water partition coefficient (Wildman–Crippen LogP) is 2.63. The van der Waals surface area contributed by atoms with E-state index in [2.05, 4.69) is 20.1 Å². The van der Waals surface area contributed by atoms with E-state index in [1.54, 1.807) is 24.4 Å². The molecule has 7 heteroatoms. The summed E-state index contributed by atoms with van der Waals surface area (Å²) in [4.78, 5) is 20.6. The topological polar surface area (TPSA) is 48.5 Å². The minimum absolute atomic E-state index is 0.0815. The van der Waals surface area contributed by atoms with Crippen molar-refractivity contribution in [2.75, 3.05) is 38.0 Å². The number of hydrogen-bond donors (Lipinski definition) is 1. The molecule has 25 heavy (non-hydrogen) atoms. The monoisotopic (exact) mass is 362 g/mol. The molecule has 3 rings (SSSR count). The number of pyridine rings is 1. The third-order valence-corrected chi connectivity index (χ3v) is 4.38. The van der Waals surface area contributed by atoms with Crippen molar-refractivity contribution in [1.29, 1.82) is 0 Å². The van der Waals surface area contributed by atoms with Crippen LogP contribution in [0.3, 0.4) is 0 Å². The molecule has 0 bridgehead atoms. The van der Waals surface area contributed by atoms with Gasteiger partial charge in [0.15, 0.2) is 0 Å². The number of rotatable bonds is 5. The van der Waals surface area contributed by atoms with Crippen molar-refractivity contribution < 1.29 is 9.18 Å². The van der Waals surface area contributed by atoms with Crippen LogP contribution in [-0.4, -0.2) is 53.4 Å². The lowest BCUT2D eigenvalue weighted by Crippen LogP contribution is -2.48. The molecule has 1 N–H and O–H groups in total. The van der Waals surface area contributed by atoms with Crippen molar-refractivity contribution in [3.8, 4) is 0 Å². The highest BCUT2D eigenvalue weighted by atomic mass is 35.5. The summed E-state index contributed by atoms with van der Waals surface area (Å²) in [5, 5.41) is 3.29. The molecule has 1 aliphatic rings. The smallest absolute Gasteiger partial charge is 0.238 e. The van der Waals surface area contributed by atoms with E-state index in [1.807, 2.05) is 6.07 Å². The zero-order chi connectivity index (χ0) is 17.6. The SMILES string of the molecule is O=C(CN1CCN(Cc2ccc(Cl)nc2)CC1)Nc1ccc(F)cc1. The first-order chi connectivity index (χ1) is 12.1. The zero-order valence-electron chi connectivity index (χ0n) is 13.8. The summed E-state index contributed by atoms with van der Waals surface area (Å²) in [5.74, 6) is -0.396. The molecule has 0 radical (unpaired) electrons. The van der Waals surface area contributed by atoms with Crippen LogP contribution in [0.4, 0.5) is 10.1 Å². The van der Waals surface area contributed by atoms with Crippen molar-refractivity contribution in [2.45, 2.75) is 6.54 Å². The van der Waals surface area contributed by atoms with Gasteiger partial charge in [-0.3, -0.25) is 14.6 Å². The second-order valence-corrected chi connectivity index (χ2v) is 6.48. The number of nitrogens with one attached hydrogen (secondary N) is 1. The van der Waals surface area contributed by atoms with Gasteiger partial charge in [-0.1, -0.05) is 17.7 Å². The first-order valence-electron chi connectivity index (χ1n) is 8.19. The summed E-state index contributed by atoms with van der Waals surface area (Å²) in [7, 11) is 0. The fourth-order valence-corrected chi connectivity index (χ4v) is 2.91. The molecule has 132 valence electrons. The first-order valence-corrected chi connectivity index (χ1v) is 8.57. The Kier molecular flexibility index (Phi) is 5.96.